The Morgan fingerprint density at radius 1 is 1.67 bits per heavy atom. The van der Waals surface area contributed by atoms with Gasteiger partial charge in [0.15, 0.2) is 0 Å². The Morgan fingerprint density at radius 2 is 2.42 bits per heavy atom. The van der Waals surface area contributed by atoms with Crippen LogP contribution >= 0.6 is 11.3 Å². The van der Waals surface area contributed by atoms with E-state index in [0.717, 1.165) is 6.54 Å². The molecule has 1 fully saturated rings. The lowest BCUT2D eigenvalue weighted by atomic mass is 10.1. The summed E-state index contributed by atoms with van der Waals surface area (Å²) in [5.41, 5.74) is 6.06. The average molecular weight is 182 g/mol. The number of aromatic nitrogens is 1. The molecule has 2 atom stereocenters. The maximum absolute atomic E-state index is 5.68. The molecule has 0 aliphatic heterocycles. The second kappa shape index (κ2) is 2.54. The van der Waals surface area contributed by atoms with E-state index in [-0.39, 0.29) is 0 Å². The largest absolute Gasteiger partial charge is 0.330 e. The molecular weight excluding hydrogens is 168 g/mol. The highest BCUT2D eigenvalue weighted by Crippen LogP contribution is 2.63. The molecule has 1 aromatic rings. The molecule has 2 rings (SSSR count). The molecular formula is C9H14N2S. The predicted octanol–water partition coefficient (Wildman–Crippen LogP) is 1.84. The highest BCUT2D eigenvalue weighted by atomic mass is 32.1. The SMILES string of the molecule is CC1(C)[C@@H](CN)[C@@H]1c1nccs1. The number of thiazole rings is 1. The molecule has 0 bridgehead atoms. The summed E-state index contributed by atoms with van der Waals surface area (Å²) in [5.74, 6) is 1.26. The van der Waals surface area contributed by atoms with Crippen LogP contribution in [0.15, 0.2) is 11.6 Å². The Labute approximate surface area is 76.8 Å². The summed E-state index contributed by atoms with van der Waals surface area (Å²) >= 11 is 1.75. The highest BCUT2D eigenvalue weighted by molar-refractivity contribution is 7.09. The zero-order valence-electron chi connectivity index (χ0n) is 7.45. The van der Waals surface area contributed by atoms with E-state index in [4.69, 9.17) is 5.73 Å². The fraction of sp³-hybridized carbons (Fsp3) is 0.667. The average Bonchev–Trinajstić information content (AvgIpc) is 2.50. The van der Waals surface area contributed by atoms with E-state index >= 15 is 0 Å². The summed E-state index contributed by atoms with van der Waals surface area (Å²) < 4.78 is 0. The molecule has 1 heterocycles. The van der Waals surface area contributed by atoms with Gasteiger partial charge in [-0.3, -0.25) is 0 Å². The third-order valence-electron chi connectivity index (χ3n) is 3.02. The number of hydrogen-bond donors (Lipinski definition) is 1. The topological polar surface area (TPSA) is 38.9 Å². The van der Waals surface area contributed by atoms with Gasteiger partial charge in [-0.2, -0.15) is 0 Å². The number of nitrogens with two attached hydrogens (primary N) is 1. The van der Waals surface area contributed by atoms with E-state index < -0.39 is 0 Å². The van der Waals surface area contributed by atoms with Crippen molar-refractivity contribution in [2.45, 2.75) is 19.8 Å². The monoisotopic (exact) mass is 182 g/mol. The molecule has 1 aromatic heterocycles. The van der Waals surface area contributed by atoms with Crippen LogP contribution < -0.4 is 5.73 Å². The van der Waals surface area contributed by atoms with E-state index in [0.29, 0.717) is 17.3 Å². The summed E-state index contributed by atoms with van der Waals surface area (Å²) in [4.78, 5) is 4.34. The van der Waals surface area contributed by atoms with Crippen molar-refractivity contribution < 1.29 is 0 Å². The van der Waals surface area contributed by atoms with Gasteiger partial charge in [0.2, 0.25) is 0 Å². The van der Waals surface area contributed by atoms with E-state index in [1.165, 1.54) is 5.01 Å². The van der Waals surface area contributed by atoms with Gasteiger partial charge in [0.05, 0.1) is 5.01 Å². The van der Waals surface area contributed by atoms with Crippen molar-refractivity contribution in [3.63, 3.8) is 0 Å². The molecule has 66 valence electrons. The van der Waals surface area contributed by atoms with Crippen molar-refractivity contribution in [3.8, 4) is 0 Å². The minimum Gasteiger partial charge on any atom is -0.330 e. The summed E-state index contributed by atoms with van der Waals surface area (Å²) in [6.45, 7) is 5.34. The quantitative estimate of drug-likeness (QED) is 0.758. The van der Waals surface area contributed by atoms with Crippen molar-refractivity contribution in [2.75, 3.05) is 6.54 Å². The normalized spacial score (nSPS) is 31.9. The second-order valence-corrected chi connectivity index (χ2v) is 4.94. The maximum Gasteiger partial charge on any atom is 0.0964 e. The third-order valence-corrected chi connectivity index (χ3v) is 3.88. The Balaban J connectivity index is 2.19. The minimum atomic E-state index is 0.382. The van der Waals surface area contributed by atoms with Gasteiger partial charge < -0.3 is 5.73 Å². The Kier molecular flexibility index (Phi) is 1.73. The van der Waals surface area contributed by atoms with Crippen molar-refractivity contribution in [3.05, 3.63) is 16.6 Å². The van der Waals surface area contributed by atoms with E-state index in [2.05, 4.69) is 18.8 Å². The van der Waals surface area contributed by atoms with Gasteiger partial charge in [0.25, 0.3) is 0 Å². The van der Waals surface area contributed by atoms with Crippen LogP contribution in [0.2, 0.25) is 0 Å². The van der Waals surface area contributed by atoms with Crippen LogP contribution in [0, 0.1) is 11.3 Å². The number of nitrogens with zero attached hydrogens (tertiary/aromatic N) is 1. The summed E-state index contributed by atoms with van der Waals surface area (Å²) in [5, 5.41) is 3.30. The summed E-state index contributed by atoms with van der Waals surface area (Å²) in [6.07, 6.45) is 1.88. The Morgan fingerprint density at radius 3 is 2.83 bits per heavy atom. The van der Waals surface area contributed by atoms with Gasteiger partial charge in [0.1, 0.15) is 0 Å². The minimum absolute atomic E-state index is 0.382. The van der Waals surface area contributed by atoms with E-state index in [1.807, 2.05) is 11.6 Å². The molecule has 0 aromatic carbocycles. The Hall–Kier alpha value is -0.410. The Bertz CT molecular complexity index is 266. The molecule has 2 N–H and O–H groups in total. The predicted molar refractivity (Wildman–Crippen MR) is 51.2 cm³/mol. The molecule has 1 aliphatic rings. The van der Waals surface area contributed by atoms with Crippen LogP contribution in [0.5, 0.6) is 0 Å². The van der Waals surface area contributed by atoms with E-state index in [9.17, 15) is 0 Å². The lowest BCUT2D eigenvalue weighted by molar-refractivity contribution is 0.558. The maximum atomic E-state index is 5.68. The van der Waals surface area contributed by atoms with Crippen LogP contribution in [-0.4, -0.2) is 11.5 Å². The molecule has 3 heteroatoms. The first-order valence-electron chi connectivity index (χ1n) is 4.27. The van der Waals surface area contributed by atoms with Crippen molar-refractivity contribution in [1.82, 2.24) is 4.98 Å². The van der Waals surface area contributed by atoms with Crippen LogP contribution in [-0.2, 0) is 0 Å². The van der Waals surface area contributed by atoms with Crippen molar-refractivity contribution in [1.29, 1.82) is 0 Å². The van der Waals surface area contributed by atoms with Gasteiger partial charge in [-0.25, -0.2) is 4.98 Å². The van der Waals surface area contributed by atoms with Crippen molar-refractivity contribution >= 4 is 11.3 Å². The van der Waals surface area contributed by atoms with Crippen LogP contribution in [0.1, 0.15) is 24.8 Å². The molecule has 0 unspecified atom stereocenters. The van der Waals surface area contributed by atoms with Gasteiger partial charge in [0, 0.05) is 17.5 Å². The van der Waals surface area contributed by atoms with Crippen LogP contribution in [0.3, 0.4) is 0 Å². The van der Waals surface area contributed by atoms with Gasteiger partial charge in [-0.15, -0.1) is 11.3 Å². The molecule has 0 radical (unpaired) electrons. The first kappa shape index (κ1) is 8.20. The summed E-state index contributed by atoms with van der Waals surface area (Å²) in [6, 6.07) is 0. The zero-order chi connectivity index (χ0) is 8.77. The molecule has 0 spiro atoms. The fourth-order valence-corrected chi connectivity index (χ4v) is 3.06. The van der Waals surface area contributed by atoms with E-state index in [1.54, 1.807) is 11.3 Å². The van der Waals surface area contributed by atoms with Gasteiger partial charge >= 0.3 is 0 Å². The van der Waals surface area contributed by atoms with Gasteiger partial charge in [-0.05, 0) is 17.9 Å². The lowest BCUT2D eigenvalue weighted by Crippen LogP contribution is -2.05. The zero-order valence-corrected chi connectivity index (χ0v) is 8.27. The first-order chi connectivity index (χ1) is 5.68. The summed E-state index contributed by atoms with van der Waals surface area (Å²) in [7, 11) is 0. The fourth-order valence-electron chi connectivity index (χ4n) is 2.06. The molecule has 1 saturated carbocycles. The number of hydrogen-bond acceptors (Lipinski definition) is 3. The second-order valence-electron chi connectivity index (χ2n) is 4.01. The van der Waals surface area contributed by atoms with Gasteiger partial charge in [-0.1, -0.05) is 13.8 Å². The molecule has 12 heavy (non-hydrogen) atoms. The molecule has 0 amide bonds. The lowest BCUT2D eigenvalue weighted by Gasteiger charge is -1.97. The standard InChI is InChI=1S/C9H14N2S/c1-9(2)6(5-10)7(9)8-11-3-4-12-8/h3-4,6-7H,5,10H2,1-2H3/t6-,7+/m0/s1. The smallest absolute Gasteiger partial charge is 0.0964 e. The van der Waals surface area contributed by atoms with Crippen LogP contribution in [0.4, 0.5) is 0 Å². The third kappa shape index (κ3) is 1.00. The first-order valence-corrected chi connectivity index (χ1v) is 5.15. The molecule has 2 nitrogen and oxygen atoms in total. The van der Waals surface area contributed by atoms with Crippen LogP contribution in [0.25, 0.3) is 0 Å². The molecule has 0 saturated heterocycles. The molecule has 1 aliphatic carbocycles. The van der Waals surface area contributed by atoms with Crippen molar-refractivity contribution in [2.24, 2.45) is 17.1 Å². The highest BCUT2D eigenvalue weighted by Gasteiger charge is 2.58. The number of rotatable bonds is 2.